The van der Waals surface area contributed by atoms with Gasteiger partial charge in [-0.25, -0.2) is 4.98 Å². The molecule has 2 aromatic carbocycles. The molecular formula is C23H19Cl2N2O2-. The Kier molecular flexibility index (Phi) is 6.47. The summed E-state index contributed by atoms with van der Waals surface area (Å²) in [5.74, 6) is 0.629. The number of aromatic nitrogens is 2. The third-order valence-electron chi connectivity index (χ3n) is 4.60. The van der Waals surface area contributed by atoms with Crippen molar-refractivity contribution < 1.29 is 10.6 Å². The number of aryl methyl sites for hydroxylation is 1. The first kappa shape index (κ1) is 20.8. The van der Waals surface area contributed by atoms with E-state index in [1.807, 2.05) is 49.4 Å². The van der Waals surface area contributed by atoms with Gasteiger partial charge in [-0.05, 0) is 47.9 Å². The van der Waals surface area contributed by atoms with Gasteiger partial charge < -0.3 is 5.84 Å². The number of ketones is 1. The second-order valence-corrected chi connectivity index (χ2v) is 6.93. The molecule has 0 unspecified atom stereocenters. The number of benzene rings is 2. The Morgan fingerprint density at radius 3 is 2.52 bits per heavy atom. The van der Waals surface area contributed by atoms with Gasteiger partial charge in [0.05, 0.1) is 6.20 Å². The van der Waals surface area contributed by atoms with Crippen molar-refractivity contribution in [3.8, 4) is 22.6 Å². The van der Waals surface area contributed by atoms with Gasteiger partial charge in [0.15, 0.2) is 5.78 Å². The molecule has 0 aliphatic rings. The summed E-state index contributed by atoms with van der Waals surface area (Å²) in [7, 11) is 0. The maximum Gasteiger partial charge on any atom is 0.225 e. The number of oxazole rings is 1. The van der Waals surface area contributed by atoms with Crippen LogP contribution in [0.1, 0.15) is 22.9 Å². The van der Waals surface area contributed by atoms with E-state index in [1.54, 1.807) is 30.9 Å². The highest BCUT2D eigenvalue weighted by molar-refractivity contribution is 6.33. The topological polar surface area (TPSA) is 56.0 Å². The van der Waals surface area contributed by atoms with Crippen LogP contribution in [0.25, 0.3) is 22.6 Å². The lowest BCUT2D eigenvalue weighted by Gasteiger charge is -2.08. The smallest absolute Gasteiger partial charge is 0.225 e. The molecule has 148 valence electrons. The van der Waals surface area contributed by atoms with Crippen molar-refractivity contribution in [2.24, 2.45) is 0 Å². The fourth-order valence-corrected chi connectivity index (χ4v) is 3.34. The first-order chi connectivity index (χ1) is 13.6. The van der Waals surface area contributed by atoms with E-state index in [-0.39, 0.29) is 19.6 Å². The maximum absolute atomic E-state index is 12.6. The minimum Gasteiger partial charge on any atom is -1.00 e. The largest absolute Gasteiger partial charge is 1.00 e. The number of carbonyl (C=O) groups is 1. The average molecular weight is 426 g/mol. The molecule has 0 fully saturated rings. The Labute approximate surface area is 181 Å². The second-order valence-electron chi connectivity index (χ2n) is 6.52. The van der Waals surface area contributed by atoms with Crippen LogP contribution in [0.3, 0.4) is 0 Å². The molecule has 0 N–H and O–H groups in total. The molecule has 4 nitrogen and oxygen atoms in total. The van der Waals surface area contributed by atoms with Crippen molar-refractivity contribution in [3.05, 3.63) is 95.1 Å². The van der Waals surface area contributed by atoms with Crippen LogP contribution in [0.15, 0.2) is 77.8 Å². The second kappa shape index (κ2) is 9.03. The molecule has 0 saturated heterocycles. The zero-order valence-corrected chi connectivity index (χ0v) is 17.2. The van der Waals surface area contributed by atoms with Crippen LogP contribution in [0.5, 0.6) is 0 Å². The number of Topliss-reactive ketones (excluding diaryl/α,β-unsaturated/α-hetero) is 1. The fourth-order valence-electron chi connectivity index (χ4n) is 3.11. The van der Waals surface area contributed by atoms with E-state index in [9.17, 15) is 4.79 Å². The first-order valence-corrected chi connectivity index (χ1v) is 9.22. The molecule has 0 radical (unpaired) electrons. The van der Waals surface area contributed by atoms with Gasteiger partial charge >= 0.3 is 0 Å². The highest BCUT2D eigenvalue weighted by atomic mass is 35.5. The summed E-state index contributed by atoms with van der Waals surface area (Å²) < 4.78 is 5.37. The molecule has 2 aromatic heterocycles. The first-order valence-electron chi connectivity index (χ1n) is 8.84. The van der Waals surface area contributed by atoms with Crippen LogP contribution < -0.4 is 0 Å². The quantitative estimate of drug-likeness (QED) is 0.350. The SMILES string of the molecule is Cc1cnccc1C(=O)Cc1ccc(-c2cc(-c3ncco3)ccc2Cl)cc1.Cl.[H-]. The van der Waals surface area contributed by atoms with Gasteiger partial charge in [0.1, 0.15) is 6.26 Å². The van der Waals surface area contributed by atoms with E-state index in [2.05, 4.69) is 9.97 Å². The summed E-state index contributed by atoms with van der Waals surface area (Å²) in [6.45, 7) is 1.90. The van der Waals surface area contributed by atoms with Crippen LogP contribution in [-0.2, 0) is 6.42 Å². The summed E-state index contributed by atoms with van der Waals surface area (Å²) in [5.41, 5.74) is 5.26. The highest BCUT2D eigenvalue weighted by Gasteiger charge is 2.12. The summed E-state index contributed by atoms with van der Waals surface area (Å²) in [6, 6.07) is 15.3. The standard InChI is InChI=1S/C23H17ClN2O2.ClH.H/c1-15-14-25-9-8-19(15)22(27)12-16-2-4-17(5-3-16)20-13-18(6-7-21(20)24)23-26-10-11-28-23;;/h2-11,13-14H,12H2,1H3;1H;/q;;-1. The van der Waals surface area contributed by atoms with Gasteiger partial charge in [-0.1, -0.05) is 35.9 Å². The van der Waals surface area contributed by atoms with E-state index < -0.39 is 0 Å². The molecule has 0 aliphatic carbocycles. The van der Waals surface area contributed by atoms with Crippen LogP contribution in [0.4, 0.5) is 0 Å². The van der Waals surface area contributed by atoms with Crippen LogP contribution >= 0.6 is 24.0 Å². The Morgan fingerprint density at radius 2 is 1.83 bits per heavy atom. The van der Waals surface area contributed by atoms with Gasteiger partial charge in [-0.3, -0.25) is 9.78 Å². The molecule has 0 amide bonds. The summed E-state index contributed by atoms with van der Waals surface area (Å²) >= 11 is 6.40. The number of carbonyl (C=O) groups excluding carboxylic acids is 1. The molecule has 29 heavy (non-hydrogen) atoms. The molecule has 6 heteroatoms. The number of nitrogens with zero attached hydrogens (tertiary/aromatic N) is 2. The molecule has 0 atom stereocenters. The average Bonchev–Trinajstić information content (AvgIpc) is 3.24. The Morgan fingerprint density at radius 1 is 1.07 bits per heavy atom. The van der Waals surface area contributed by atoms with Crippen LogP contribution in [-0.4, -0.2) is 15.8 Å². The molecule has 0 saturated carbocycles. The van der Waals surface area contributed by atoms with Crippen molar-refractivity contribution in [1.29, 1.82) is 0 Å². The molecule has 0 bridgehead atoms. The molecule has 4 rings (SSSR count). The van der Waals surface area contributed by atoms with Crippen molar-refractivity contribution in [1.82, 2.24) is 9.97 Å². The van der Waals surface area contributed by atoms with E-state index >= 15 is 0 Å². The van der Waals surface area contributed by atoms with Crippen molar-refractivity contribution in [2.75, 3.05) is 0 Å². The highest BCUT2D eigenvalue weighted by Crippen LogP contribution is 2.32. The zero-order chi connectivity index (χ0) is 19.5. The third-order valence-corrected chi connectivity index (χ3v) is 4.93. The van der Waals surface area contributed by atoms with E-state index in [0.717, 1.165) is 27.8 Å². The number of halogens is 2. The van der Waals surface area contributed by atoms with E-state index in [0.29, 0.717) is 22.9 Å². The minimum absolute atomic E-state index is 0. The molecule has 4 aromatic rings. The van der Waals surface area contributed by atoms with Crippen molar-refractivity contribution >= 4 is 29.8 Å². The lowest BCUT2D eigenvalue weighted by molar-refractivity contribution is 0.0992. The van der Waals surface area contributed by atoms with Crippen molar-refractivity contribution in [3.63, 3.8) is 0 Å². The Balaban J connectivity index is 0.00000160. The number of rotatable bonds is 5. The third kappa shape index (κ3) is 4.56. The van der Waals surface area contributed by atoms with Crippen molar-refractivity contribution in [2.45, 2.75) is 13.3 Å². The van der Waals surface area contributed by atoms with Crippen LogP contribution in [0.2, 0.25) is 5.02 Å². The lowest BCUT2D eigenvalue weighted by Crippen LogP contribution is -2.05. The fraction of sp³-hybridized carbons (Fsp3) is 0.0870. The van der Waals surface area contributed by atoms with Gasteiger partial charge in [-0.15, -0.1) is 12.4 Å². The normalized spacial score (nSPS) is 10.4. The number of hydrogen-bond acceptors (Lipinski definition) is 4. The molecule has 2 heterocycles. The predicted octanol–water partition coefficient (Wildman–Crippen LogP) is 6.33. The molecular weight excluding hydrogens is 407 g/mol. The summed E-state index contributed by atoms with van der Waals surface area (Å²) in [5, 5.41) is 0.645. The van der Waals surface area contributed by atoms with E-state index in [4.69, 9.17) is 16.0 Å². The summed E-state index contributed by atoms with van der Waals surface area (Å²) in [6.07, 6.45) is 6.85. The Hall–Kier alpha value is -2.95. The van der Waals surface area contributed by atoms with E-state index in [1.165, 1.54) is 0 Å². The molecule has 0 spiro atoms. The molecule has 0 aliphatic heterocycles. The Bertz CT molecular complexity index is 1130. The van der Waals surface area contributed by atoms with Gasteiger partial charge in [-0.2, -0.15) is 0 Å². The minimum atomic E-state index is 0. The van der Waals surface area contributed by atoms with Gasteiger partial charge in [0.25, 0.3) is 0 Å². The summed E-state index contributed by atoms with van der Waals surface area (Å²) in [4.78, 5) is 20.8. The maximum atomic E-state index is 12.6. The number of pyridine rings is 1. The zero-order valence-electron chi connectivity index (χ0n) is 16.6. The monoisotopic (exact) mass is 425 g/mol. The van der Waals surface area contributed by atoms with Gasteiger partial charge in [0.2, 0.25) is 5.89 Å². The van der Waals surface area contributed by atoms with Crippen LogP contribution in [0, 0.1) is 6.92 Å². The van der Waals surface area contributed by atoms with Gasteiger partial charge in [0, 0.05) is 40.5 Å². The lowest BCUT2D eigenvalue weighted by atomic mass is 9.97. The predicted molar refractivity (Wildman–Crippen MR) is 118 cm³/mol. The number of hydrogen-bond donors (Lipinski definition) is 0.